The highest BCUT2D eigenvalue weighted by atomic mass is 19.4. The normalized spacial score (nSPS) is 20.9. The van der Waals surface area contributed by atoms with Crippen LogP contribution in [0.4, 0.5) is 13.2 Å². The van der Waals surface area contributed by atoms with Crippen LogP contribution in [0.25, 0.3) is 16.6 Å². The van der Waals surface area contributed by atoms with Crippen LogP contribution in [0.3, 0.4) is 0 Å². The smallest absolute Gasteiger partial charge is 0.391 e. The number of aromatic carboxylic acids is 1. The first-order valence-electron chi connectivity index (χ1n) is 8.70. The van der Waals surface area contributed by atoms with Gasteiger partial charge < -0.3 is 14.2 Å². The third kappa shape index (κ3) is 3.31. The summed E-state index contributed by atoms with van der Waals surface area (Å²) in [6.45, 7) is 0. The predicted molar refractivity (Wildman–Crippen MR) is 92.1 cm³/mol. The third-order valence-electron chi connectivity index (χ3n) is 5.09. The third-order valence-corrected chi connectivity index (χ3v) is 5.09. The molecule has 0 saturated heterocycles. The van der Waals surface area contributed by atoms with Crippen molar-refractivity contribution in [2.24, 2.45) is 5.92 Å². The van der Waals surface area contributed by atoms with Crippen LogP contribution in [0, 0.1) is 5.92 Å². The molecule has 1 N–H and O–H groups in total. The second-order valence-electron chi connectivity index (χ2n) is 6.82. The van der Waals surface area contributed by atoms with Crippen molar-refractivity contribution in [3.63, 3.8) is 0 Å². The lowest BCUT2D eigenvalue weighted by molar-refractivity contribution is -0.185. The molecule has 27 heavy (non-hydrogen) atoms. The second-order valence-corrected chi connectivity index (χ2v) is 6.82. The fourth-order valence-corrected chi connectivity index (χ4v) is 3.63. The van der Waals surface area contributed by atoms with Crippen molar-refractivity contribution < 1.29 is 27.8 Å². The van der Waals surface area contributed by atoms with Gasteiger partial charge in [0.25, 0.3) is 0 Å². The minimum atomic E-state index is -4.16. The van der Waals surface area contributed by atoms with E-state index in [1.54, 1.807) is 6.07 Å². The summed E-state index contributed by atoms with van der Waals surface area (Å²) in [4.78, 5) is 15.7. The van der Waals surface area contributed by atoms with Gasteiger partial charge in [-0.25, -0.2) is 9.78 Å². The number of halogens is 3. The maximum absolute atomic E-state index is 12.8. The summed E-state index contributed by atoms with van der Waals surface area (Å²) in [5.74, 6) is -2.02. The maximum atomic E-state index is 12.8. The molecule has 1 aliphatic rings. The van der Waals surface area contributed by atoms with Gasteiger partial charge in [-0.2, -0.15) is 13.2 Å². The van der Waals surface area contributed by atoms with Gasteiger partial charge in [-0.05, 0) is 56.0 Å². The molecule has 1 aromatic carbocycles. The molecular weight excluding hydrogens is 361 g/mol. The van der Waals surface area contributed by atoms with Crippen LogP contribution >= 0.6 is 0 Å². The molecule has 0 radical (unpaired) electrons. The van der Waals surface area contributed by atoms with Gasteiger partial charge in [0, 0.05) is 6.20 Å². The van der Waals surface area contributed by atoms with Crippen LogP contribution in [-0.2, 0) is 0 Å². The number of carboxylic acid groups (broad SMARTS) is 1. The van der Waals surface area contributed by atoms with E-state index in [1.165, 1.54) is 12.1 Å². The van der Waals surface area contributed by atoms with Gasteiger partial charge >= 0.3 is 12.1 Å². The zero-order chi connectivity index (χ0) is 19.2. The minimum absolute atomic E-state index is 0.0439. The van der Waals surface area contributed by atoms with Crippen LogP contribution in [0.1, 0.15) is 36.0 Å². The summed E-state index contributed by atoms with van der Waals surface area (Å²) in [6.07, 6.45) is -1.97. The Labute approximate surface area is 152 Å². The van der Waals surface area contributed by atoms with E-state index >= 15 is 0 Å². The zero-order valence-corrected chi connectivity index (χ0v) is 14.2. The molecule has 0 spiro atoms. The van der Waals surface area contributed by atoms with Crippen molar-refractivity contribution >= 4 is 22.5 Å². The van der Waals surface area contributed by atoms with Gasteiger partial charge in [0.2, 0.25) is 5.88 Å². The van der Waals surface area contributed by atoms with Crippen molar-refractivity contribution in [2.45, 2.75) is 38.0 Å². The molecule has 3 aromatic rings. The Morgan fingerprint density at radius 3 is 2.56 bits per heavy atom. The van der Waals surface area contributed by atoms with E-state index in [4.69, 9.17) is 4.74 Å². The largest absolute Gasteiger partial charge is 0.478 e. The van der Waals surface area contributed by atoms with Crippen LogP contribution in [0.5, 0.6) is 5.88 Å². The van der Waals surface area contributed by atoms with Crippen LogP contribution in [0.2, 0.25) is 0 Å². The molecule has 2 aromatic heterocycles. The van der Waals surface area contributed by atoms with Gasteiger partial charge in [-0.15, -0.1) is 0 Å². The Hall–Kier alpha value is -2.77. The number of carboxylic acids is 1. The van der Waals surface area contributed by atoms with E-state index < -0.39 is 18.1 Å². The summed E-state index contributed by atoms with van der Waals surface area (Å²) < 4.78 is 46.3. The number of ether oxygens (including phenoxy) is 1. The lowest BCUT2D eigenvalue weighted by Gasteiger charge is -2.30. The Morgan fingerprint density at radius 2 is 1.89 bits per heavy atom. The average Bonchev–Trinajstić information content (AvgIpc) is 3.11. The second kappa shape index (κ2) is 6.44. The van der Waals surface area contributed by atoms with Crippen LogP contribution in [-0.4, -0.2) is 32.7 Å². The number of aromatic nitrogens is 2. The molecule has 1 aliphatic carbocycles. The Bertz CT molecular complexity index is 1000. The number of hydrogen-bond acceptors (Lipinski definition) is 3. The Kier molecular flexibility index (Phi) is 4.20. The monoisotopic (exact) mass is 378 g/mol. The highest BCUT2D eigenvalue weighted by Crippen LogP contribution is 2.39. The molecule has 0 aliphatic heterocycles. The summed E-state index contributed by atoms with van der Waals surface area (Å²) in [6, 6.07) is 8.27. The lowest BCUT2D eigenvalue weighted by atomic mass is 9.87. The number of rotatable bonds is 3. The fraction of sp³-hybridized carbons (Fsp3) is 0.368. The molecule has 1 fully saturated rings. The Balaban J connectivity index is 1.65. The number of nitrogens with zero attached hydrogens (tertiary/aromatic N) is 2. The molecule has 0 bridgehead atoms. The summed E-state index contributed by atoms with van der Waals surface area (Å²) in [7, 11) is 0. The SMILES string of the molecule is O=C(O)c1ccc2c(c1)nc(OC1CCC(C(F)(F)F)CC1)c1cccn12. The van der Waals surface area contributed by atoms with E-state index in [0.717, 1.165) is 5.52 Å². The van der Waals surface area contributed by atoms with Gasteiger partial charge in [0.15, 0.2) is 0 Å². The van der Waals surface area contributed by atoms with Gasteiger partial charge in [-0.1, -0.05) is 0 Å². The molecule has 0 atom stereocenters. The van der Waals surface area contributed by atoms with Crippen molar-refractivity contribution in [2.75, 3.05) is 0 Å². The van der Waals surface area contributed by atoms with E-state index in [-0.39, 0.29) is 24.5 Å². The van der Waals surface area contributed by atoms with Crippen molar-refractivity contribution in [3.05, 3.63) is 42.1 Å². The van der Waals surface area contributed by atoms with Gasteiger partial charge in [0.1, 0.15) is 11.6 Å². The molecular formula is C19H17F3N2O3. The number of hydrogen-bond donors (Lipinski definition) is 1. The summed E-state index contributed by atoms with van der Waals surface area (Å²) in [5.41, 5.74) is 1.99. The topological polar surface area (TPSA) is 63.8 Å². The number of benzene rings is 1. The van der Waals surface area contributed by atoms with Crippen molar-refractivity contribution in [3.8, 4) is 5.88 Å². The molecule has 0 amide bonds. The molecule has 8 heteroatoms. The van der Waals surface area contributed by atoms with Crippen molar-refractivity contribution in [1.82, 2.24) is 9.38 Å². The van der Waals surface area contributed by atoms with E-state index in [2.05, 4.69) is 4.98 Å². The molecule has 5 nitrogen and oxygen atoms in total. The number of fused-ring (bicyclic) bond motifs is 3. The summed E-state index contributed by atoms with van der Waals surface area (Å²) in [5, 5.41) is 9.18. The van der Waals surface area contributed by atoms with Gasteiger partial charge in [0.05, 0.1) is 22.5 Å². The van der Waals surface area contributed by atoms with Crippen molar-refractivity contribution in [1.29, 1.82) is 0 Å². The average molecular weight is 378 g/mol. The molecule has 2 heterocycles. The van der Waals surface area contributed by atoms with E-state index in [0.29, 0.717) is 29.8 Å². The van der Waals surface area contributed by atoms with E-state index in [9.17, 15) is 23.1 Å². The summed E-state index contributed by atoms with van der Waals surface area (Å²) >= 11 is 0. The Morgan fingerprint density at radius 1 is 1.15 bits per heavy atom. The highest BCUT2D eigenvalue weighted by Gasteiger charge is 2.41. The first-order valence-corrected chi connectivity index (χ1v) is 8.70. The quantitative estimate of drug-likeness (QED) is 0.718. The fourth-order valence-electron chi connectivity index (χ4n) is 3.63. The van der Waals surface area contributed by atoms with Crippen LogP contribution in [0.15, 0.2) is 36.5 Å². The molecule has 0 unspecified atom stereocenters. The first-order chi connectivity index (χ1) is 12.8. The highest BCUT2D eigenvalue weighted by molar-refractivity contribution is 5.93. The zero-order valence-electron chi connectivity index (χ0n) is 14.2. The predicted octanol–water partition coefficient (Wildman–Crippen LogP) is 4.69. The lowest BCUT2D eigenvalue weighted by Crippen LogP contribution is -2.32. The molecule has 4 rings (SSSR count). The number of alkyl halides is 3. The van der Waals surface area contributed by atoms with Crippen LogP contribution < -0.4 is 4.74 Å². The maximum Gasteiger partial charge on any atom is 0.391 e. The molecule has 1 saturated carbocycles. The standard InChI is InChI=1S/C19H17F3N2O3/c20-19(21,22)12-4-6-13(7-5-12)27-17-16-2-1-9-24(16)15-8-3-11(18(25)26)10-14(15)23-17/h1-3,8-10,12-13H,4-7H2,(H,25,26). The molecule has 142 valence electrons. The van der Waals surface area contributed by atoms with E-state index in [1.807, 2.05) is 22.7 Å². The first kappa shape index (κ1) is 17.6. The number of carbonyl (C=O) groups is 1. The van der Waals surface area contributed by atoms with Gasteiger partial charge in [-0.3, -0.25) is 0 Å². The minimum Gasteiger partial charge on any atom is -0.478 e.